The van der Waals surface area contributed by atoms with Crippen LogP contribution in [-0.4, -0.2) is 0 Å². The Hall–Kier alpha value is -9.38. The van der Waals surface area contributed by atoms with E-state index in [2.05, 4.69) is 277 Å². The topological polar surface area (TPSA) is 24.9 Å². The van der Waals surface area contributed by atoms with E-state index in [0.717, 1.165) is 61.9 Å². The largest absolute Gasteiger partial charge is 0.449 e. The Morgan fingerprint density at radius 2 is 0.535 bits per heavy atom. The highest BCUT2D eigenvalue weighted by molar-refractivity contribution is 5.97. The van der Waals surface area contributed by atoms with Gasteiger partial charge in [0.15, 0.2) is 23.0 Å². The highest BCUT2D eigenvalue weighted by atomic mass is 16.6. The van der Waals surface area contributed by atoms with Crippen LogP contribution in [0.3, 0.4) is 0 Å². The molecule has 0 N–H and O–H groups in total. The van der Waals surface area contributed by atoms with Gasteiger partial charge in [0.05, 0.1) is 5.41 Å². The van der Waals surface area contributed by atoms with Gasteiger partial charge in [-0.1, -0.05) is 170 Å². The average molecular weight is 909 g/mol. The lowest BCUT2D eigenvalue weighted by molar-refractivity contribution is 0.359. The van der Waals surface area contributed by atoms with Gasteiger partial charge < -0.3 is 19.3 Å². The second kappa shape index (κ2) is 16.4. The molecule has 0 bridgehead atoms. The fourth-order valence-electron chi connectivity index (χ4n) is 11.5. The highest BCUT2D eigenvalue weighted by Crippen LogP contribution is 2.65. The molecule has 0 fully saturated rings. The Bertz CT molecular complexity index is 3710. The van der Waals surface area contributed by atoms with Gasteiger partial charge in [0, 0.05) is 34.1 Å². The van der Waals surface area contributed by atoms with Gasteiger partial charge in [-0.3, -0.25) is 0 Å². The van der Waals surface area contributed by atoms with Gasteiger partial charge in [0.2, 0.25) is 0 Å². The van der Waals surface area contributed by atoms with Crippen LogP contribution in [0.4, 0.5) is 34.1 Å². The van der Waals surface area contributed by atoms with Crippen molar-refractivity contribution in [1.29, 1.82) is 0 Å². The first-order valence-electron chi connectivity index (χ1n) is 24.2. The number of para-hydroxylation sites is 4. The zero-order valence-electron chi connectivity index (χ0n) is 38.6. The first-order valence-corrected chi connectivity index (χ1v) is 24.2. The number of hydrogen-bond donors (Lipinski definition) is 0. The molecule has 0 unspecified atom stereocenters. The molecule has 0 atom stereocenters. The molecule has 4 nitrogen and oxygen atoms in total. The Morgan fingerprint density at radius 3 is 0.930 bits per heavy atom. The summed E-state index contributed by atoms with van der Waals surface area (Å²) in [6.45, 7) is 0. The maximum absolute atomic E-state index is 7.18. The molecule has 1 aliphatic heterocycles. The predicted octanol–water partition coefficient (Wildman–Crippen LogP) is 18.2. The summed E-state index contributed by atoms with van der Waals surface area (Å²) in [6, 6.07) is 95.4. The van der Waals surface area contributed by atoms with Crippen molar-refractivity contribution in [3.63, 3.8) is 0 Å². The van der Waals surface area contributed by atoms with Crippen LogP contribution in [0, 0.1) is 0 Å². The van der Waals surface area contributed by atoms with Crippen molar-refractivity contribution in [2.45, 2.75) is 5.41 Å². The Balaban J connectivity index is 0.953. The van der Waals surface area contributed by atoms with Crippen molar-refractivity contribution in [2.75, 3.05) is 9.80 Å². The molecule has 11 aromatic carbocycles. The third kappa shape index (κ3) is 6.46. The first kappa shape index (κ1) is 40.7. The summed E-state index contributed by atoms with van der Waals surface area (Å²) in [5.41, 5.74) is 19.9. The molecule has 0 saturated carbocycles. The zero-order valence-corrected chi connectivity index (χ0v) is 38.6. The second-order valence-corrected chi connectivity index (χ2v) is 18.4. The quantitative estimate of drug-likeness (QED) is 0.152. The van der Waals surface area contributed by atoms with E-state index in [0.29, 0.717) is 23.0 Å². The molecule has 14 rings (SSSR count). The van der Waals surface area contributed by atoms with Crippen molar-refractivity contribution in [1.82, 2.24) is 0 Å². The molecule has 3 aliphatic rings. The average Bonchev–Trinajstić information content (AvgIpc) is 3.90. The summed E-state index contributed by atoms with van der Waals surface area (Å²) in [6.07, 6.45) is 0. The van der Waals surface area contributed by atoms with E-state index >= 15 is 0 Å². The lowest BCUT2D eigenvalue weighted by atomic mass is 9.70. The Morgan fingerprint density at radius 1 is 0.225 bits per heavy atom. The monoisotopic (exact) mass is 908 g/mol. The predicted molar refractivity (Wildman–Crippen MR) is 290 cm³/mol. The summed E-state index contributed by atoms with van der Waals surface area (Å²) in [4.78, 5) is 4.62. The third-order valence-corrected chi connectivity index (χ3v) is 14.5. The number of anilines is 6. The lowest BCUT2D eigenvalue weighted by Crippen LogP contribution is -2.25. The summed E-state index contributed by atoms with van der Waals surface area (Å²) in [5, 5.41) is 0. The van der Waals surface area contributed by atoms with Crippen LogP contribution in [0.5, 0.6) is 23.0 Å². The van der Waals surface area contributed by atoms with Gasteiger partial charge in [0.1, 0.15) is 0 Å². The van der Waals surface area contributed by atoms with Crippen LogP contribution in [0.2, 0.25) is 0 Å². The standard InChI is InChI=1S/C67H44N2O2/c1-5-23-47(24-6-1)68(48-25-7-2-8-26-48)51-31-19-21-45(39-51)56-41-63-64(42-57(56)46-22-20-32-52(40-46)69(49-27-9-3-10-28-49)50-29-11-4-12-30-50)71-66-44-62-58(43-65(66)70-63)55-35-15-18-38-61(55)67(62)59-36-16-13-33-53(59)54-34-14-17-37-60(54)67/h1-44H. The van der Waals surface area contributed by atoms with Gasteiger partial charge in [-0.05, 0) is 164 Å². The molecule has 11 aromatic rings. The normalized spacial score (nSPS) is 12.8. The molecule has 0 aromatic heterocycles. The molecular formula is C67H44N2O2. The van der Waals surface area contributed by atoms with Gasteiger partial charge in [-0.2, -0.15) is 0 Å². The fraction of sp³-hybridized carbons (Fsp3) is 0.0149. The summed E-state index contributed by atoms with van der Waals surface area (Å²) >= 11 is 0. The summed E-state index contributed by atoms with van der Waals surface area (Å²) < 4.78 is 14.3. The fourth-order valence-corrected chi connectivity index (χ4v) is 11.5. The number of hydrogen-bond acceptors (Lipinski definition) is 4. The van der Waals surface area contributed by atoms with Crippen molar-refractivity contribution < 1.29 is 9.47 Å². The van der Waals surface area contributed by atoms with Crippen molar-refractivity contribution in [3.8, 4) is 67.5 Å². The highest BCUT2D eigenvalue weighted by Gasteiger charge is 2.52. The Kier molecular flexibility index (Phi) is 9.39. The van der Waals surface area contributed by atoms with Crippen LogP contribution in [0.1, 0.15) is 22.3 Å². The summed E-state index contributed by atoms with van der Waals surface area (Å²) in [5.74, 6) is 2.71. The molecule has 4 heteroatoms. The number of fused-ring (bicyclic) bond motifs is 12. The molecular weight excluding hydrogens is 865 g/mol. The van der Waals surface area contributed by atoms with Crippen LogP contribution in [0.25, 0.3) is 44.5 Å². The SMILES string of the molecule is c1ccc(N(c2ccccc2)c2cccc(-c3cc4c(cc3-c3cccc(N(c5ccccc5)c5ccccc5)c3)Oc3cc5c(cc3O4)-c3ccccc3C53c4ccccc4-c4ccccc43)c2)cc1. The van der Waals surface area contributed by atoms with Crippen molar-refractivity contribution in [3.05, 3.63) is 289 Å². The van der Waals surface area contributed by atoms with E-state index in [-0.39, 0.29) is 0 Å². The minimum atomic E-state index is -0.505. The lowest BCUT2D eigenvalue weighted by Gasteiger charge is -2.31. The second-order valence-electron chi connectivity index (χ2n) is 18.4. The van der Waals surface area contributed by atoms with E-state index in [9.17, 15) is 0 Å². The van der Waals surface area contributed by atoms with Crippen molar-refractivity contribution in [2.24, 2.45) is 0 Å². The summed E-state index contributed by atoms with van der Waals surface area (Å²) in [7, 11) is 0. The first-order chi connectivity index (χ1) is 35.2. The molecule has 1 heterocycles. The van der Waals surface area contributed by atoms with Gasteiger partial charge in [0.25, 0.3) is 0 Å². The van der Waals surface area contributed by atoms with Crippen LogP contribution in [0.15, 0.2) is 267 Å². The van der Waals surface area contributed by atoms with Crippen LogP contribution in [-0.2, 0) is 5.41 Å². The number of nitrogens with zero attached hydrogens (tertiary/aromatic N) is 2. The minimum Gasteiger partial charge on any atom is -0.449 e. The number of ether oxygens (including phenoxy) is 2. The molecule has 0 radical (unpaired) electrons. The number of rotatable bonds is 8. The third-order valence-electron chi connectivity index (χ3n) is 14.5. The molecule has 1 spiro atoms. The Labute approximate surface area is 413 Å². The maximum Gasteiger partial charge on any atom is 0.170 e. The molecule has 71 heavy (non-hydrogen) atoms. The van der Waals surface area contributed by atoms with Gasteiger partial charge in [-0.25, -0.2) is 0 Å². The van der Waals surface area contributed by atoms with Gasteiger partial charge >= 0.3 is 0 Å². The molecule has 334 valence electrons. The van der Waals surface area contributed by atoms with Crippen molar-refractivity contribution >= 4 is 34.1 Å². The minimum absolute atomic E-state index is 0.505. The van der Waals surface area contributed by atoms with Crippen LogP contribution >= 0.6 is 0 Å². The van der Waals surface area contributed by atoms with E-state index < -0.39 is 5.41 Å². The molecule has 0 amide bonds. The van der Waals surface area contributed by atoms with E-state index in [1.807, 2.05) is 0 Å². The molecule has 0 saturated heterocycles. The van der Waals surface area contributed by atoms with E-state index in [1.165, 1.54) is 38.9 Å². The smallest absolute Gasteiger partial charge is 0.170 e. The number of benzene rings is 11. The van der Waals surface area contributed by atoms with Crippen LogP contribution < -0.4 is 19.3 Å². The van der Waals surface area contributed by atoms with Gasteiger partial charge in [-0.15, -0.1) is 0 Å². The maximum atomic E-state index is 7.18. The zero-order chi connectivity index (χ0) is 46.9. The van der Waals surface area contributed by atoms with E-state index in [4.69, 9.17) is 9.47 Å². The van der Waals surface area contributed by atoms with E-state index in [1.54, 1.807) is 0 Å². The molecule has 2 aliphatic carbocycles.